The van der Waals surface area contributed by atoms with Crippen molar-refractivity contribution in [3.05, 3.63) is 64.6 Å². The zero-order chi connectivity index (χ0) is 26.8. The molecule has 0 radical (unpaired) electrons. The second-order valence-electron chi connectivity index (χ2n) is 8.94. The number of ether oxygens (including phenoxy) is 1. The maximum Gasteiger partial charge on any atom is 0.273 e. The molecule has 200 valence electrons. The summed E-state index contributed by atoms with van der Waals surface area (Å²) < 4.78 is 12.6. The first-order valence-corrected chi connectivity index (χ1v) is 12.4. The lowest BCUT2D eigenvalue weighted by molar-refractivity contribution is 0.121. The van der Waals surface area contributed by atoms with Gasteiger partial charge < -0.3 is 29.9 Å². The van der Waals surface area contributed by atoms with Crippen LogP contribution < -0.4 is 21.1 Å². The number of aliphatic hydroxyl groups excluding tert-OH is 1. The number of hydrogen-bond acceptors (Lipinski definition) is 12. The fourth-order valence-electron chi connectivity index (χ4n) is 4.34. The maximum atomic E-state index is 12.0. The van der Waals surface area contributed by atoms with Crippen molar-refractivity contribution < 1.29 is 14.4 Å². The molecule has 5 heterocycles. The molecule has 4 N–H and O–H groups in total. The monoisotopic (exact) mass is 530 g/mol. The van der Waals surface area contributed by atoms with Crippen LogP contribution in [0.25, 0.3) is 22.5 Å². The highest BCUT2D eigenvalue weighted by Gasteiger charge is 2.23. The van der Waals surface area contributed by atoms with Crippen LogP contribution >= 0.6 is 0 Å². The number of anilines is 4. The number of fused-ring (bicyclic) bond motifs is 1. The van der Waals surface area contributed by atoms with Crippen molar-refractivity contribution in [1.29, 1.82) is 0 Å². The summed E-state index contributed by atoms with van der Waals surface area (Å²) in [6, 6.07) is 12.4. The van der Waals surface area contributed by atoms with Crippen molar-refractivity contribution in [1.82, 2.24) is 34.9 Å². The number of rotatable bonds is 8. The van der Waals surface area contributed by atoms with Gasteiger partial charge in [0.05, 0.1) is 31.2 Å². The van der Waals surface area contributed by atoms with Gasteiger partial charge >= 0.3 is 0 Å². The third-order valence-electron chi connectivity index (χ3n) is 6.37. The molecular formula is C25H26N10O4. The Bertz CT molecular complexity index is 1640. The first kappa shape index (κ1) is 24.5. The average Bonchev–Trinajstić information content (AvgIpc) is 3.57. The molecule has 6 rings (SSSR count). The summed E-state index contributed by atoms with van der Waals surface area (Å²) in [4.78, 5) is 32.2. The number of hydrogen-bond donors (Lipinski definition) is 4. The van der Waals surface area contributed by atoms with E-state index >= 15 is 0 Å². The van der Waals surface area contributed by atoms with Crippen molar-refractivity contribution in [3.8, 4) is 11.5 Å². The van der Waals surface area contributed by atoms with E-state index in [9.17, 15) is 9.90 Å². The van der Waals surface area contributed by atoms with E-state index in [0.717, 1.165) is 5.56 Å². The molecule has 0 unspecified atom stereocenters. The van der Waals surface area contributed by atoms with E-state index in [0.29, 0.717) is 60.5 Å². The zero-order valence-corrected chi connectivity index (χ0v) is 21.0. The highest BCUT2D eigenvalue weighted by atomic mass is 16.5. The Kier molecular flexibility index (Phi) is 6.61. The fraction of sp³-hybridized carbons (Fsp3) is 0.280. The summed E-state index contributed by atoms with van der Waals surface area (Å²) in [6.07, 6.45) is 1.57. The molecule has 5 aromatic rings. The summed E-state index contributed by atoms with van der Waals surface area (Å²) in [5, 5.41) is 23.9. The van der Waals surface area contributed by atoms with Crippen molar-refractivity contribution in [3.63, 3.8) is 0 Å². The van der Waals surface area contributed by atoms with Crippen LogP contribution in [0.5, 0.6) is 0 Å². The average molecular weight is 531 g/mol. The molecule has 14 heteroatoms. The molecule has 0 bridgehead atoms. The fourth-order valence-corrected chi connectivity index (χ4v) is 4.34. The van der Waals surface area contributed by atoms with E-state index in [-0.39, 0.29) is 24.0 Å². The van der Waals surface area contributed by atoms with E-state index < -0.39 is 6.04 Å². The van der Waals surface area contributed by atoms with Gasteiger partial charge in [-0.25, -0.2) is 9.97 Å². The standard InChI is InChI=1S/C25H26N10O4/c1-34-21-16(22(37)32-34)7-8-19(28-21)29-24-26-13-17(23-31-25(33-39-23)35-9-11-38-12-10-35)20(30-24)27-18(14-36)15-5-3-2-4-6-15/h2-8,13,18,36H,9-12,14H2,1H3,(H,32,37)(H2,26,27,28,29,30)/t18-/m1/s1. The predicted molar refractivity (Wildman–Crippen MR) is 143 cm³/mol. The van der Waals surface area contributed by atoms with E-state index in [1.54, 1.807) is 30.1 Å². The molecule has 1 aromatic carbocycles. The number of aliphatic hydroxyl groups is 1. The Balaban J connectivity index is 1.35. The van der Waals surface area contributed by atoms with E-state index in [2.05, 4.69) is 40.8 Å². The lowest BCUT2D eigenvalue weighted by atomic mass is 10.1. The largest absolute Gasteiger partial charge is 0.394 e. The highest BCUT2D eigenvalue weighted by molar-refractivity contribution is 5.77. The van der Waals surface area contributed by atoms with Gasteiger partial charge in [0, 0.05) is 26.3 Å². The minimum absolute atomic E-state index is 0.182. The van der Waals surface area contributed by atoms with Crippen molar-refractivity contribution >= 4 is 34.6 Å². The smallest absolute Gasteiger partial charge is 0.273 e. The molecule has 0 aliphatic carbocycles. The molecule has 0 amide bonds. The van der Waals surface area contributed by atoms with Crippen LogP contribution in [0.2, 0.25) is 0 Å². The highest BCUT2D eigenvalue weighted by Crippen LogP contribution is 2.30. The molecular weight excluding hydrogens is 504 g/mol. The van der Waals surface area contributed by atoms with Crippen LogP contribution in [0, 0.1) is 0 Å². The van der Waals surface area contributed by atoms with Gasteiger partial charge in [-0.2, -0.15) is 9.97 Å². The topological polar surface area (TPSA) is 172 Å². The summed E-state index contributed by atoms with van der Waals surface area (Å²) in [7, 11) is 1.71. The van der Waals surface area contributed by atoms with Crippen LogP contribution in [0.3, 0.4) is 0 Å². The Morgan fingerprint density at radius 3 is 2.72 bits per heavy atom. The number of aryl methyl sites for hydroxylation is 1. The number of nitrogens with one attached hydrogen (secondary N) is 3. The molecule has 1 fully saturated rings. The van der Waals surface area contributed by atoms with Gasteiger partial charge in [0.2, 0.25) is 5.95 Å². The Morgan fingerprint density at radius 2 is 1.92 bits per heavy atom. The SMILES string of the molecule is Cn1[nH]c(=O)c2ccc(Nc3ncc(-c4nc(N5CCOCC5)no4)c(N[C@H](CO)c4ccccc4)n3)nc21. The predicted octanol–water partition coefficient (Wildman–Crippen LogP) is 1.83. The number of H-pyrrole nitrogens is 1. The Morgan fingerprint density at radius 1 is 1.10 bits per heavy atom. The van der Waals surface area contributed by atoms with E-state index in [1.807, 2.05) is 35.2 Å². The van der Waals surface area contributed by atoms with Crippen LogP contribution in [-0.4, -0.2) is 72.9 Å². The first-order chi connectivity index (χ1) is 19.1. The van der Waals surface area contributed by atoms with Crippen LogP contribution in [0.15, 0.2) is 58.0 Å². The molecule has 1 aliphatic heterocycles. The summed E-state index contributed by atoms with van der Waals surface area (Å²) in [6.45, 7) is 2.32. The lowest BCUT2D eigenvalue weighted by Gasteiger charge is -2.24. The van der Waals surface area contributed by atoms with Gasteiger partial charge in [0.15, 0.2) is 5.65 Å². The molecule has 1 aliphatic rings. The van der Waals surface area contributed by atoms with Gasteiger partial charge in [0.1, 0.15) is 17.2 Å². The van der Waals surface area contributed by atoms with Gasteiger partial charge in [0.25, 0.3) is 17.4 Å². The summed E-state index contributed by atoms with van der Waals surface area (Å²) >= 11 is 0. The minimum Gasteiger partial charge on any atom is -0.394 e. The van der Waals surface area contributed by atoms with Crippen molar-refractivity contribution in [2.75, 3.05) is 48.4 Å². The number of pyridine rings is 1. The second kappa shape index (κ2) is 10.5. The van der Waals surface area contributed by atoms with Gasteiger partial charge in [-0.05, 0) is 22.9 Å². The van der Waals surface area contributed by atoms with E-state index in [4.69, 9.17) is 9.26 Å². The maximum absolute atomic E-state index is 12.0. The number of benzene rings is 1. The van der Waals surface area contributed by atoms with Gasteiger partial charge in [-0.3, -0.25) is 14.6 Å². The van der Waals surface area contributed by atoms with Crippen LogP contribution in [0.1, 0.15) is 11.6 Å². The second-order valence-corrected chi connectivity index (χ2v) is 8.94. The van der Waals surface area contributed by atoms with Crippen LogP contribution in [-0.2, 0) is 11.8 Å². The zero-order valence-electron chi connectivity index (χ0n) is 21.0. The normalized spacial score (nSPS) is 14.5. The van der Waals surface area contributed by atoms with Gasteiger partial charge in [-0.15, -0.1) is 0 Å². The third kappa shape index (κ3) is 5.02. The Labute approximate surface area is 221 Å². The van der Waals surface area contributed by atoms with Crippen molar-refractivity contribution in [2.45, 2.75) is 6.04 Å². The summed E-state index contributed by atoms with van der Waals surface area (Å²) in [5.41, 5.74) is 1.62. The molecule has 4 aromatic heterocycles. The first-order valence-electron chi connectivity index (χ1n) is 12.4. The quantitative estimate of drug-likeness (QED) is 0.230. The summed E-state index contributed by atoms with van der Waals surface area (Å²) in [5.74, 6) is 1.76. The molecule has 39 heavy (non-hydrogen) atoms. The van der Waals surface area contributed by atoms with E-state index in [1.165, 1.54) is 0 Å². The number of morpholine rings is 1. The number of aromatic nitrogens is 7. The van der Waals surface area contributed by atoms with Crippen molar-refractivity contribution in [2.24, 2.45) is 7.05 Å². The number of aromatic amines is 1. The molecule has 1 saturated heterocycles. The molecule has 1 atom stereocenters. The minimum atomic E-state index is -0.460. The van der Waals surface area contributed by atoms with Gasteiger partial charge in [-0.1, -0.05) is 30.3 Å². The lowest BCUT2D eigenvalue weighted by Crippen LogP contribution is -2.36. The number of nitrogens with zero attached hydrogens (tertiary/aromatic N) is 7. The molecule has 0 spiro atoms. The third-order valence-corrected chi connectivity index (χ3v) is 6.37. The molecule has 14 nitrogen and oxygen atoms in total. The Hall–Kier alpha value is -4.82. The van der Waals surface area contributed by atoms with Crippen LogP contribution in [0.4, 0.5) is 23.5 Å². The molecule has 0 saturated carbocycles.